The molecular weight excluding hydrogens is 453 g/mol. The summed E-state index contributed by atoms with van der Waals surface area (Å²) < 4.78 is 10.6. The van der Waals surface area contributed by atoms with Gasteiger partial charge in [-0.05, 0) is 55.3 Å². The molecule has 7 nitrogen and oxygen atoms in total. The molecule has 2 N–H and O–H groups in total. The number of aromatic amines is 1. The Labute approximate surface area is 194 Å². The number of hydrogen-bond acceptors (Lipinski definition) is 4. The topological polar surface area (TPSA) is 83.7 Å². The fourth-order valence-corrected chi connectivity index (χ4v) is 4.12. The van der Waals surface area contributed by atoms with Crippen LogP contribution < -0.4 is 10.1 Å². The van der Waals surface area contributed by atoms with Gasteiger partial charge in [-0.3, -0.25) is 4.90 Å². The van der Waals surface area contributed by atoms with Gasteiger partial charge in [-0.15, -0.1) is 0 Å². The number of fused-ring (bicyclic) bond motifs is 3. The molecule has 1 aliphatic heterocycles. The number of esters is 1. The second-order valence-electron chi connectivity index (χ2n) is 7.15. The maximum Gasteiger partial charge on any atom is 0.341 e. The second-order valence-corrected chi connectivity index (χ2v) is 7.99. The van der Waals surface area contributed by atoms with Crippen LogP contribution in [-0.2, 0) is 16.0 Å². The summed E-state index contributed by atoms with van der Waals surface area (Å²) in [6, 6.07) is 10.0. The fourth-order valence-electron chi connectivity index (χ4n) is 3.66. The van der Waals surface area contributed by atoms with Crippen molar-refractivity contribution in [1.29, 1.82) is 0 Å². The van der Waals surface area contributed by atoms with E-state index >= 15 is 0 Å². The van der Waals surface area contributed by atoms with Gasteiger partial charge in [-0.2, -0.15) is 0 Å². The normalized spacial score (nSPS) is 13.2. The molecule has 2 aromatic carbocycles. The van der Waals surface area contributed by atoms with Crippen molar-refractivity contribution in [1.82, 2.24) is 9.88 Å². The number of hydrogen-bond donors (Lipinski definition) is 2. The lowest BCUT2D eigenvalue weighted by atomic mass is 10.0. The predicted octanol–water partition coefficient (Wildman–Crippen LogP) is 5.48. The number of carbonyl (C=O) groups is 2. The highest BCUT2D eigenvalue weighted by atomic mass is 35.5. The SMILES string of the molecule is CCOC(=O)C1=CN(C(=O)Nc2ccc(Cl)cc2Cl)CCc2c1[nH]c1ccc(OC)cc21. The van der Waals surface area contributed by atoms with Crippen LogP contribution in [0.2, 0.25) is 10.0 Å². The predicted molar refractivity (Wildman–Crippen MR) is 125 cm³/mol. The van der Waals surface area contributed by atoms with E-state index in [1.54, 1.807) is 32.2 Å². The van der Waals surface area contributed by atoms with Gasteiger partial charge in [-0.1, -0.05) is 23.2 Å². The molecule has 0 spiro atoms. The Bertz CT molecular complexity index is 1240. The molecule has 0 atom stereocenters. The van der Waals surface area contributed by atoms with E-state index in [4.69, 9.17) is 32.7 Å². The molecule has 2 heterocycles. The smallest absolute Gasteiger partial charge is 0.341 e. The number of rotatable bonds is 4. The Morgan fingerprint density at radius 1 is 1.19 bits per heavy atom. The van der Waals surface area contributed by atoms with E-state index in [-0.39, 0.29) is 12.2 Å². The summed E-state index contributed by atoms with van der Waals surface area (Å²) in [5.74, 6) is 0.189. The van der Waals surface area contributed by atoms with Gasteiger partial charge in [0.2, 0.25) is 0 Å². The molecule has 0 saturated heterocycles. The maximum atomic E-state index is 13.0. The number of methoxy groups -OCH3 is 1. The first-order valence-corrected chi connectivity index (χ1v) is 10.8. The lowest BCUT2D eigenvalue weighted by Gasteiger charge is -2.19. The third-order valence-corrected chi connectivity index (χ3v) is 5.75. The van der Waals surface area contributed by atoms with Crippen LogP contribution in [0.1, 0.15) is 18.2 Å². The van der Waals surface area contributed by atoms with E-state index in [0.29, 0.717) is 40.1 Å². The highest BCUT2D eigenvalue weighted by molar-refractivity contribution is 6.36. The summed E-state index contributed by atoms with van der Waals surface area (Å²) in [6.45, 7) is 2.29. The van der Waals surface area contributed by atoms with Crippen molar-refractivity contribution >= 4 is 57.4 Å². The first-order valence-electron chi connectivity index (χ1n) is 10.0. The number of halogens is 2. The Morgan fingerprint density at radius 2 is 2.00 bits per heavy atom. The summed E-state index contributed by atoms with van der Waals surface area (Å²) in [4.78, 5) is 30.6. The second kappa shape index (κ2) is 9.14. The van der Waals surface area contributed by atoms with E-state index in [2.05, 4.69) is 10.3 Å². The number of aromatic nitrogens is 1. The monoisotopic (exact) mass is 473 g/mol. The van der Waals surface area contributed by atoms with Crippen LogP contribution in [0.25, 0.3) is 16.5 Å². The van der Waals surface area contributed by atoms with E-state index in [0.717, 1.165) is 16.5 Å². The molecule has 9 heteroatoms. The minimum atomic E-state index is -0.517. The van der Waals surface area contributed by atoms with Crippen LogP contribution in [0.4, 0.5) is 10.5 Å². The van der Waals surface area contributed by atoms with Gasteiger partial charge in [0.15, 0.2) is 0 Å². The van der Waals surface area contributed by atoms with Gasteiger partial charge in [-0.25, -0.2) is 9.59 Å². The van der Waals surface area contributed by atoms with Crippen molar-refractivity contribution in [2.24, 2.45) is 0 Å². The number of urea groups is 1. The van der Waals surface area contributed by atoms with Crippen LogP contribution >= 0.6 is 23.2 Å². The molecule has 2 amide bonds. The summed E-state index contributed by atoms with van der Waals surface area (Å²) in [5, 5.41) is 4.48. The molecule has 0 fully saturated rings. The molecule has 4 rings (SSSR count). The van der Waals surface area contributed by atoms with E-state index in [9.17, 15) is 9.59 Å². The number of nitrogens with one attached hydrogen (secondary N) is 2. The van der Waals surface area contributed by atoms with E-state index < -0.39 is 12.0 Å². The average molecular weight is 474 g/mol. The lowest BCUT2D eigenvalue weighted by Crippen LogP contribution is -2.32. The van der Waals surface area contributed by atoms with Crippen molar-refractivity contribution < 1.29 is 19.1 Å². The van der Waals surface area contributed by atoms with E-state index in [1.165, 1.54) is 11.1 Å². The molecular formula is C23H21Cl2N3O4. The fraction of sp³-hybridized carbons (Fsp3) is 0.217. The first-order chi connectivity index (χ1) is 15.4. The van der Waals surface area contributed by atoms with Crippen molar-refractivity contribution in [2.45, 2.75) is 13.3 Å². The summed E-state index contributed by atoms with van der Waals surface area (Å²) >= 11 is 12.1. The molecule has 1 aromatic heterocycles. The van der Waals surface area contributed by atoms with Crippen LogP contribution in [0.3, 0.4) is 0 Å². The van der Waals surface area contributed by atoms with Gasteiger partial charge in [0.05, 0.1) is 35.7 Å². The molecule has 0 aliphatic carbocycles. The molecule has 166 valence electrons. The molecule has 0 unspecified atom stereocenters. The summed E-state index contributed by atoms with van der Waals surface area (Å²) in [7, 11) is 1.60. The molecule has 32 heavy (non-hydrogen) atoms. The number of H-pyrrole nitrogens is 1. The van der Waals surface area contributed by atoms with Gasteiger partial charge < -0.3 is 19.8 Å². The number of benzene rings is 2. The van der Waals surface area contributed by atoms with Gasteiger partial charge in [0.1, 0.15) is 5.75 Å². The highest BCUT2D eigenvalue weighted by Gasteiger charge is 2.27. The molecule has 0 radical (unpaired) electrons. The van der Waals surface area contributed by atoms with Crippen molar-refractivity contribution in [3.05, 3.63) is 63.9 Å². The maximum absolute atomic E-state index is 13.0. The van der Waals surface area contributed by atoms with Gasteiger partial charge in [0.25, 0.3) is 0 Å². The number of amides is 2. The van der Waals surface area contributed by atoms with Crippen molar-refractivity contribution in [2.75, 3.05) is 25.6 Å². The summed E-state index contributed by atoms with van der Waals surface area (Å²) in [5.41, 5.74) is 3.11. The van der Waals surface area contributed by atoms with E-state index in [1.807, 2.05) is 18.2 Å². The first kappa shape index (κ1) is 22.0. The van der Waals surface area contributed by atoms with Crippen LogP contribution in [0.5, 0.6) is 5.75 Å². The Balaban J connectivity index is 1.72. The summed E-state index contributed by atoms with van der Waals surface area (Å²) in [6.07, 6.45) is 2.03. The highest BCUT2D eigenvalue weighted by Crippen LogP contribution is 2.34. The third-order valence-electron chi connectivity index (χ3n) is 5.20. The van der Waals surface area contributed by atoms with Crippen molar-refractivity contribution in [3.63, 3.8) is 0 Å². The molecule has 3 aromatic rings. The number of anilines is 1. The third kappa shape index (κ3) is 4.26. The van der Waals surface area contributed by atoms with Crippen molar-refractivity contribution in [3.8, 4) is 5.75 Å². The van der Waals surface area contributed by atoms with Gasteiger partial charge >= 0.3 is 12.0 Å². The number of nitrogens with zero attached hydrogens (tertiary/aromatic N) is 1. The zero-order valence-electron chi connectivity index (χ0n) is 17.5. The zero-order chi connectivity index (χ0) is 22.8. The minimum absolute atomic E-state index is 0.214. The zero-order valence-corrected chi connectivity index (χ0v) is 19.0. The lowest BCUT2D eigenvalue weighted by molar-refractivity contribution is -0.136. The molecule has 0 saturated carbocycles. The van der Waals surface area contributed by atoms with Crippen LogP contribution in [0, 0.1) is 0 Å². The minimum Gasteiger partial charge on any atom is -0.497 e. The standard InChI is InChI=1S/C23H21Cl2N3O4/c1-3-32-22(29)17-12-28(23(30)27-20-6-4-13(24)10-18(20)25)9-8-15-16-11-14(31-2)5-7-19(16)26-21(15)17/h4-7,10-12,26H,3,8-9H2,1-2H3,(H,27,30). The largest absolute Gasteiger partial charge is 0.497 e. The van der Waals surface area contributed by atoms with Crippen LogP contribution in [0.15, 0.2) is 42.6 Å². The molecule has 1 aliphatic rings. The Kier molecular flexibility index (Phi) is 6.30. The number of ether oxygens (including phenoxy) is 2. The quantitative estimate of drug-likeness (QED) is 0.491. The van der Waals surface area contributed by atoms with Crippen LogP contribution in [-0.4, -0.2) is 42.1 Å². The Morgan fingerprint density at radius 3 is 2.72 bits per heavy atom. The Hall–Kier alpha value is -3.16. The molecule has 0 bridgehead atoms. The van der Waals surface area contributed by atoms with Gasteiger partial charge in [0, 0.05) is 28.7 Å². The number of carbonyl (C=O) groups excluding carboxylic acids is 2. The average Bonchev–Trinajstić information content (AvgIpc) is 3.01.